The molecule has 10 heavy (non-hydrogen) atoms. The summed E-state index contributed by atoms with van der Waals surface area (Å²) >= 11 is 0. The molecule has 0 atom stereocenters. The quantitative estimate of drug-likeness (QED) is 0.484. The van der Waals surface area contributed by atoms with Crippen molar-refractivity contribution in [3.8, 4) is 0 Å². The van der Waals surface area contributed by atoms with E-state index >= 15 is 0 Å². The first-order valence-electron chi connectivity index (χ1n) is 2.86. The summed E-state index contributed by atoms with van der Waals surface area (Å²) < 4.78 is 1.24. The molecule has 0 radical (unpaired) electrons. The zero-order chi connectivity index (χ0) is 7.72. The molecule has 0 amide bonds. The largest absolute Gasteiger partial charge is 0.394 e. The summed E-state index contributed by atoms with van der Waals surface area (Å²) in [5, 5.41) is 12.5. The summed E-state index contributed by atoms with van der Waals surface area (Å²) in [6, 6.07) is 0. The lowest BCUT2D eigenvalue weighted by molar-refractivity contribution is 0.197. The Morgan fingerprint density at radius 1 is 1.60 bits per heavy atom. The maximum Gasteiger partial charge on any atom is 0.148 e. The Labute approximate surface area is 58.2 Å². The smallest absolute Gasteiger partial charge is 0.148 e. The predicted molar refractivity (Wildman–Crippen MR) is 38.0 cm³/mol. The Hall–Kier alpha value is -1.23. The Morgan fingerprint density at radius 3 is 2.40 bits per heavy atom. The second-order valence-electron chi connectivity index (χ2n) is 2.03. The molecule has 0 unspecified atom stereocenters. The molecule has 0 saturated heterocycles. The van der Waals surface area contributed by atoms with Gasteiger partial charge < -0.3 is 16.6 Å². The fourth-order valence-electron chi connectivity index (χ4n) is 0.721. The molecule has 1 aromatic rings. The van der Waals surface area contributed by atoms with Crippen LogP contribution in [-0.4, -0.2) is 14.9 Å². The van der Waals surface area contributed by atoms with Gasteiger partial charge in [0.05, 0.1) is 11.4 Å². The van der Waals surface area contributed by atoms with E-state index in [9.17, 15) is 0 Å². The number of aryl methyl sites for hydroxylation is 1. The molecule has 56 valence electrons. The van der Waals surface area contributed by atoms with Crippen LogP contribution in [0, 0.1) is 6.92 Å². The second kappa shape index (κ2) is 2.18. The van der Waals surface area contributed by atoms with Crippen molar-refractivity contribution >= 4 is 11.5 Å². The third kappa shape index (κ3) is 0.801. The molecule has 0 spiro atoms. The topological polar surface area (TPSA) is 90.1 Å². The molecular weight excluding hydrogens is 132 g/mol. The number of rotatable bonds is 1. The van der Waals surface area contributed by atoms with Gasteiger partial charge in [-0.1, -0.05) is 0 Å². The first kappa shape index (κ1) is 6.88. The van der Waals surface area contributed by atoms with Crippen LogP contribution < -0.4 is 11.5 Å². The minimum Gasteiger partial charge on any atom is -0.394 e. The minimum atomic E-state index is -0.232. The van der Waals surface area contributed by atoms with Crippen molar-refractivity contribution in [2.45, 2.75) is 13.7 Å². The Kier molecular flexibility index (Phi) is 1.50. The van der Waals surface area contributed by atoms with Gasteiger partial charge in [0, 0.05) is 0 Å². The molecule has 0 aliphatic carbocycles. The SMILES string of the molecule is Cc1nn(CO)c(N)c1N. The second-order valence-corrected chi connectivity index (χ2v) is 2.03. The molecule has 5 heteroatoms. The highest BCUT2D eigenvalue weighted by atomic mass is 16.3. The van der Waals surface area contributed by atoms with Crippen LogP contribution in [0.4, 0.5) is 11.5 Å². The van der Waals surface area contributed by atoms with Crippen LogP contribution in [0.25, 0.3) is 0 Å². The maximum absolute atomic E-state index is 8.62. The van der Waals surface area contributed by atoms with E-state index in [2.05, 4.69) is 5.10 Å². The van der Waals surface area contributed by atoms with Gasteiger partial charge in [0.15, 0.2) is 0 Å². The van der Waals surface area contributed by atoms with Crippen molar-refractivity contribution in [3.05, 3.63) is 5.69 Å². The minimum absolute atomic E-state index is 0.232. The molecule has 0 aromatic carbocycles. The van der Waals surface area contributed by atoms with Gasteiger partial charge in [0.1, 0.15) is 12.5 Å². The van der Waals surface area contributed by atoms with Crippen molar-refractivity contribution in [2.24, 2.45) is 0 Å². The summed E-state index contributed by atoms with van der Waals surface area (Å²) in [5.74, 6) is 0.319. The van der Waals surface area contributed by atoms with Gasteiger partial charge >= 0.3 is 0 Å². The number of hydrogen-bond donors (Lipinski definition) is 3. The number of hydrogen-bond acceptors (Lipinski definition) is 4. The average molecular weight is 142 g/mol. The highest BCUT2D eigenvalue weighted by Crippen LogP contribution is 2.16. The number of nitrogen functional groups attached to an aromatic ring is 2. The maximum atomic E-state index is 8.62. The number of anilines is 2. The third-order valence-electron chi connectivity index (χ3n) is 1.35. The third-order valence-corrected chi connectivity index (χ3v) is 1.35. The zero-order valence-corrected chi connectivity index (χ0v) is 5.70. The zero-order valence-electron chi connectivity index (χ0n) is 5.70. The van der Waals surface area contributed by atoms with Crippen LogP contribution >= 0.6 is 0 Å². The molecule has 1 heterocycles. The van der Waals surface area contributed by atoms with E-state index in [1.165, 1.54) is 4.68 Å². The van der Waals surface area contributed by atoms with Gasteiger partial charge in [-0.05, 0) is 6.92 Å². The van der Waals surface area contributed by atoms with Crippen LogP contribution in [-0.2, 0) is 6.73 Å². The van der Waals surface area contributed by atoms with Crippen LogP contribution in [0.2, 0.25) is 0 Å². The lowest BCUT2D eigenvalue weighted by Crippen LogP contribution is -2.04. The van der Waals surface area contributed by atoms with Crippen molar-refractivity contribution in [1.82, 2.24) is 9.78 Å². The molecule has 0 aliphatic rings. The van der Waals surface area contributed by atoms with Crippen LogP contribution in [0.1, 0.15) is 5.69 Å². The fourth-order valence-corrected chi connectivity index (χ4v) is 0.721. The van der Waals surface area contributed by atoms with Gasteiger partial charge in [-0.2, -0.15) is 5.10 Å². The van der Waals surface area contributed by atoms with Crippen molar-refractivity contribution in [2.75, 3.05) is 11.5 Å². The molecule has 0 fully saturated rings. The van der Waals surface area contributed by atoms with Gasteiger partial charge in [-0.3, -0.25) is 0 Å². The Bertz CT molecular complexity index is 242. The number of nitrogens with zero attached hydrogens (tertiary/aromatic N) is 2. The lowest BCUT2D eigenvalue weighted by atomic mass is 10.4. The predicted octanol–water partition coefficient (Wildman–Crippen LogP) is -0.694. The van der Waals surface area contributed by atoms with Gasteiger partial charge in [-0.25, -0.2) is 4.68 Å². The standard InChI is InChI=1S/C5H10N4O/c1-3-4(6)5(7)9(2-10)8-3/h10H,2,6-7H2,1H3. The number of aliphatic hydroxyl groups excluding tert-OH is 1. The number of aliphatic hydroxyl groups is 1. The summed E-state index contributed by atoms with van der Waals surface area (Å²) in [5.41, 5.74) is 12.0. The van der Waals surface area contributed by atoms with Crippen molar-refractivity contribution in [3.63, 3.8) is 0 Å². The molecule has 5 nitrogen and oxygen atoms in total. The van der Waals surface area contributed by atoms with Gasteiger partial charge in [0.25, 0.3) is 0 Å². The summed E-state index contributed by atoms with van der Waals surface area (Å²) in [6.07, 6.45) is 0. The number of nitrogens with two attached hydrogens (primary N) is 2. The van der Waals surface area contributed by atoms with Crippen molar-refractivity contribution < 1.29 is 5.11 Å². The summed E-state index contributed by atoms with van der Waals surface area (Å²) in [6.45, 7) is 1.50. The first-order valence-corrected chi connectivity index (χ1v) is 2.86. The highest BCUT2D eigenvalue weighted by molar-refractivity contribution is 5.61. The monoisotopic (exact) mass is 142 g/mol. The normalized spacial score (nSPS) is 10.2. The summed E-state index contributed by atoms with van der Waals surface area (Å²) in [7, 11) is 0. The molecule has 0 aliphatic heterocycles. The Balaban J connectivity index is 3.17. The van der Waals surface area contributed by atoms with E-state index in [0.29, 0.717) is 17.2 Å². The molecular formula is C5H10N4O. The molecule has 0 saturated carbocycles. The van der Waals surface area contributed by atoms with Crippen LogP contribution in [0.15, 0.2) is 0 Å². The molecule has 0 bridgehead atoms. The van der Waals surface area contributed by atoms with E-state index in [4.69, 9.17) is 16.6 Å². The fraction of sp³-hybridized carbons (Fsp3) is 0.400. The highest BCUT2D eigenvalue weighted by Gasteiger charge is 2.06. The van der Waals surface area contributed by atoms with E-state index in [0.717, 1.165) is 0 Å². The van der Waals surface area contributed by atoms with Gasteiger partial charge in [-0.15, -0.1) is 0 Å². The molecule has 1 rings (SSSR count). The van der Waals surface area contributed by atoms with Crippen LogP contribution in [0.5, 0.6) is 0 Å². The molecule has 1 aromatic heterocycles. The molecule has 5 N–H and O–H groups in total. The van der Waals surface area contributed by atoms with E-state index in [1.54, 1.807) is 6.92 Å². The van der Waals surface area contributed by atoms with Crippen LogP contribution in [0.3, 0.4) is 0 Å². The van der Waals surface area contributed by atoms with E-state index < -0.39 is 0 Å². The first-order chi connectivity index (χ1) is 4.66. The van der Waals surface area contributed by atoms with E-state index in [-0.39, 0.29) is 6.73 Å². The van der Waals surface area contributed by atoms with E-state index in [1.807, 2.05) is 0 Å². The van der Waals surface area contributed by atoms with Crippen molar-refractivity contribution in [1.29, 1.82) is 0 Å². The Morgan fingerprint density at radius 2 is 2.20 bits per heavy atom. The van der Waals surface area contributed by atoms with Gasteiger partial charge in [0.2, 0.25) is 0 Å². The summed E-state index contributed by atoms with van der Waals surface area (Å²) in [4.78, 5) is 0. The average Bonchev–Trinajstić information content (AvgIpc) is 2.17. The number of aromatic nitrogens is 2. The lowest BCUT2D eigenvalue weighted by Gasteiger charge is -1.95.